The number of nitrogens with zero attached hydrogens (tertiary/aromatic N) is 2. The Labute approximate surface area is 109 Å². The summed E-state index contributed by atoms with van der Waals surface area (Å²) in [6.45, 7) is 8.67. The smallest absolute Gasteiger partial charge is 0.114 e. The Kier molecular flexibility index (Phi) is 3.80. The van der Waals surface area contributed by atoms with E-state index in [9.17, 15) is 0 Å². The minimum Gasteiger partial charge on any atom is -0.282 e. The van der Waals surface area contributed by atoms with Crippen molar-refractivity contribution < 1.29 is 0 Å². The van der Waals surface area contributed by atoms with Crippen LogP contribution in [0.2, 0.25) is 0 Å². The van der Waals surface area contributed by atoms with Crippen molar-refractivity contribution in [1.29, 1.82) is 0 Å². The maximum Gasteiger partial charge on any atom is 0.114 e. The average molecular weight is 243 g/mol. The summed E-state index contributed by atoms with van der Waals surface area (Å²) in [6.07, 6.45) is 4.02. The molecular formula is C15H21N3. The van der Waals surface area contributed by atoms with Gasteiger partial charge in [-0.1, -0.05) is 26.8 Å². The highest BCUT2D eigenvalue weighted by Gasteiger charge is 2.10. The van der Waals surface area contributed by atoms with Gasteiger partial charge in [0.25, 0.3) is 0 Å². The molecule has 0 amide bonds. The molecule has 0 saturated carbocycles. The van der Waals surface area contributed by atoms with Gasteiger partial charge in [0.05, 0.1) is 5.69 Å². The monoisotopic (exact) mass is 243 g/mol. The van der Waals surface area contributed by atoms with Crippen LogP contribution in [-0.2, 0) is 12.8 Å². The number of H-pyrrole nitrogens is 1. The van der Waals surface area contributed by atoms with Gasteiger partial charge in [-0.25, -0.2) is 0 Å². The van der Waals surface area contributed by atoms with E-state index >= 15 is 0 Å². The predicted molar refractivity (Wildman–Crippen MR) is 74.5 cm³/mol. The van der Waals surface area contributed by atoms with Crippen LogP contribution in [0, 0.1) is 12.8 Å². The highest BCUT2D eigenvalue weighted by atomic mass is 15.1. The molecule has 2 aromatic heterocycles. The van der Waals surface area contributed by atoms with Crippen molar-refractivity contribution in [1.82, 2.24) is 15.2 Å². The molecule has 0 bridgehead atoms. The average Bonchev–Trinajstić information content (AvgIpc) is 2.71. The Morgan fingerprint density at radius 2 is 2.06 bits per heavy atom. The molecule has 2 rings (SSSR count). The number of aromatic nitrogens is 3. The molecule has 96 valence electrons. The van der Waals surface area contributed by atoms with E-state index in [1.165, 1.54) is 16.8 Å². The topological polar surface area (TPSA) is 41.6 Å². The largest absolute Gasteiger partial charge is 0.282 e. The Morgan fingerprint density at radius 3 is 2.56 bits per heavy atom. The summed E-state index contributed by atoms with van der Waals surface area (Å²) in [7, 11) is 0. The van der Waals surface area contributed by atoms with Crippen LogP contribution in [0.1, 0.15) is 37.6 Å². The number of aromatic amines is 1. The molecule has 18 heavy (non-hydrogen) atoms. The van der Waals surface area contributed by atoms with E-state index in [2.05, 4.69) is 55.0 Å². The summed E-state index contributed by atoms with van der Waals surface area (Å²) in [4.78, 5) is 4.53. The van der Waals surface area contributed by atoms with Crippen molar-refractivity contribution in [2.75, 3.05) is 0 Å². The number of aryl methyl sites for hydroxylation is 1. The highest BCUT2D eigenvalue weighted by Crippen LogP contribution is 2.22. The molecule has 2 aromatic rings. The minimum absolute atomic E-state index is 0.663. The molecule has 1 N–H and O–H groups in total. The molecule has 0 fully saturated rings. The van der Waals surface area contributed by atoms with Crippen LogP contribution in [0.5, 0.6) is 0 Å². The molecule has 0 saturated heterocycles. The second kappa shape index (κ2) is 5.34. The number of hydrogen-bond donors (Lipinski definition) is 1. The van der Waals surface area contributed by atoms with Crippen LogP contribution in [0.15, 0.2) is 18.3 Å². The molecule has 3 heteroatoms. The van der Waals surface area contributed by atoms with Crippen molar-refractivity contribution in [3.8, 4) is 11.4 Å². The predicted octanol–water partition coefficient (Wildman–Crippen LogP) is 3.54. The van der Waals surface area contributed by atoms with Gasteiger partial charge in [0, 0.05) is 11.9 Å². The quantitative estimate of drug-likeness (QED) is 0.892. The lowest BCUT2D eigenvalue weighted by atomic mass is 10.0. The summed E-state index contributed by atoms with van der Waals surface area (Å²) in [6, 6.07) is 4.22. The Bertz CT molecular complexity index is 509. The van der Waals surface area contributed by atoms with Gasteiger partial charge in [-0.3, -0.25) is 10.1 Å². The number of rotatable bonds is 4. The molecule has 2 heterocycles. The van der Waals surface area contributed by atoms with Crippen LogP contribution < -0.4 is 0 Å². The van der Waals surface area contributed by atoms with Gasteiger partial charge in [0.15, 0.2) is 0 Å². The van der Waals surface area contributed by atoms with Crippen molar-refractivity contribution >= 4 is 0 Å². The second-order valence-electron chi connectivity index (χ2n) is 5.18. The number of nitrogens with one attached hydrogen (secondary N) is 1. The van der Waals surface area contributed by atoms with E-state index < -0.39 is 0 Å². The fourth-order valence-corrected chi connectivity index (χ4v) is 2.18. The fraction of sp³-hybridized carbons (Fsp3) is 0.467. The Morgan fingerprint density at radius 1 is 1.28 bits per heavy atom. The molecule has 0 radical (unpaired) electrons. The Hall–Kier alpha value is -1.64. The molecule has 0 spiro atoms. The molecule has 0 aromatic carbocycles. The first-order valence-electron chi connectivity index (χ1n) is 6.61. The van der Waals surface area contributed by atoms with Crippen molar-refractivity contribution in [2.24, 2.45) is 5.92 Å². The molecule has 0 unspecified atom stereocenters. The maximum absolute atomic E-state index is 4.53. The summed E-state index contributed by atoms with van der Waals surface area (Å²) in [5, 5.41) is 7.44. The lowest BCUT2D eigenvalue weighted by Gasteiger charge is -2.05. The fourth-order valence-electron chi connectivity index (χ4n) is 2.18. The molecule has 0 aliphatic rings. The van der Waals surface area contributed by atoms with Gasteiger partial charge >= 0.3 is 0 Å². The van der Waals surface area contributed by atoms with Gasteiger partial charge in [0.2, 0.25) is 0 Å². The summed E-state index contributed by atoms with van der Waals surface area (Å²) < 4.78 is 0. The van der Waals surface area contributed by atoms with Crippen LogP contribution >= 0.6 is 0 Å². The third kappa shape index (κ3) is 2.61. The summed E-state index contributed by atoms with van der Waals surface area (Å²) in [5.41, 5.74) is 5.62. The van der Waals surface area contributed by atoms with Crippen molar-refractivity contribution in [2.45, 2.75) is 40.5 Å². The van der Waals surface area contributed by atoms with Gasteiger partial charge < -0.3 is 0 Å². The van der Waals surface area contributed by atoms with Crippen LogP contribution in [0.3, 0.4) is 0 Å². The third-order valence-electron chi connectivity index (χ3n) is 3.18. The number of pyridine rings is 1. The lowest BCUT2D eigenvalue weighted by molar-refractivity contribution is 0.646. The standard InChI is InChI=1S/C15H21N3/c1-5-13-11(4)15(18-17-13)14-7-6-12(9-16-14)8-10(2)3/h6-7,9-10H,5,8H2,1-4H3,(H,17,18). The highest BCUT2D eigenvalue weighted by molar-refractivity contribution is 5.59. The molecular weight excluding hydrogens is 222 g/mol. The SMILES string of the molecule is CCc1[nH]nc(-c2ccc(CC(C)C)cn2)c1C. The molecule has 0 aliphatic carbocycles. The van der Waals surface area contributed by atoms with Gasteiger partial charge in [0.1, 0.15) is 5.69 Å². The minimum atomic E-state index is 0.663. The van der Waals surface area contributed by atoms with E-state index in [1.807, 2.05) is 6.20 Å². The second-order valence-corrected chi connectivity index (χ2v) is 5.18. The van der Waals surface area contributed by atoms with E-state index in [0.717, 1.165) is 24.2 Å². The van der Waals surface area contributed by atoms with Gasteiger partial charge in [-0.15, -0.1) is 0 Å². The van der Waals surface area contributed by atoms with Crippen molar-refractivity contribution in [3.63, 3.8) is 0 Å². The van der Waals surface area contributed by atoms with Crippen LogP contribution in [0.4, 0.5) is 0 Å². The number of hydrogen-bond acceptors (Lipinski definition) is 2. The molecule has 3 nitrogen and oxygen atoms in total. The van der Waals surface area contributed by atoms with Gasteiger partial charge in [-0.2, -0.15) is 5.10 Å². The zero-order chi connectivity index (χ0) is 13.1. The summed E-state index contributed by atoms with van der Waals surface area (Å²) in [5.74, 6) is 0.663. The van der Waals surface area contributed by atoms with Crippen LogP contribution in [0.25, 0.3) is 11.4 Å². The normalized spacial score (nSPS) is 11.2. The van der Waals surface area contributed by atoms with E-state index in [1.54, 1.807) is 0 Å². The van der Waals surface area contributed by atoms with Crippen molar-refractivity contribution in [3.05, 3.63) is 35.2 Å². The Balaban J connectivity index is 2.26. The van der Waals surface area contributed by atoms with Crippen LogP contribution in [-0.4, -0.2) is 15.2 Å². The first kappa shape index (κ1) is 12.8. The van der Waals surface area contributed by atoms with E-state index in [0.29, 0.717) is 5.92 Å². The first-order valence-corrected chi connectivity index (χ1v) is 6.61. The lowest BCUT2D eigenvalue weighted by Crippen LogP contribution is -1.95. The van der Waals surface area contributed by atoms with E-state index in [-0.39, 0.29) is 0 Å². The maximum atomic E-state index is 4.53. The zero-order valence-corrected chi connectivity index (χ0v) is 11.6. The molecule has 0 aliphatic heterocycles. The summed E-state index contributed by atoms with van der Waals surface area (Å²) >= 11 is 0. The van der Waals surface area contributed by atoms with Gasteiger partial charge in [-0.05, 0) is 42.9 Å². The zero-order valence-electron chi connectivity index (χ0n) is 11.6. The van der Waals surface area contributed by atoms with E-state index in [4.69, 9.17) is 0 Å². The third-order valence-corrected chi connectivity index (χ3v) is 3.18. The first-order chi connectivity index (χ1) is 8.61. The molecule has 0 atom stereocenters.